The number of allylic oxidation sites excluding steroid dienone is 4. The molecule has 0 saturated carbocycles. The Labute approximate surface area is 114 Å². The summed E-state index contributed by atoms with van der Waals surface area (Å²) < 4.78 is 0. The van der Waals surface area contributed by atoms with Crippen LogP contribution in [0.2, 0.25) is 0 Å². The summed E-state index contributed by atoms with van der Waals surface area (Å²) >= 11 is 0. The number of aromatic nitrogens is 1. The molecule has 0 bridgehead atoms. The fourth-order valence-corrected chi connectivity index (χ4v) is 2.57. The number of rotatable bonds is 2. The van der Waals surface area contributed by atoms with Gasteiger partial charge in [-0.3, -0.25) is 4.98 Å². The Balaban J connectivity index is 2.00. The van der Waals surface area contributed by atoms with Crippen molar-refractivity contribution in [3.05, 3.63) is 78.1 Å². The molecule has 3 rings (SSSR count). The minimum atomic E-state index is 0.565. The fraction of sp³-hybridized carbons (Fsp3) is 0.167. The van der Waals surface area contributed by atoms with Crippen molar-refractivity contribution >= 4 is 11.1 Å². The first-order valence-electron chi connectivity index (χ1n) is 6.71. The Morgan fingerprint density at radius 1 is 1.00 bits per heavy atom. The molecule has 1 unspecified atom stereocenters. The normalized spacial score (nSPS) is 18.7. The van der Waals surface area contributed by atoms with Crippen LogP contribution in [0, 0.1) is 5.92 Å². The topological polar surface area (TPSA) is 12.9 Å². The van der Waals surface area contributed by atoms with Gasteiger partial charge in [-0.05, 0) is 40.7 Å². The van der Waals surface area contributed by atoms with Crippen molar-refractivity contribution in [3.63, 3.8) is 0 Å². The molecule has 0 N–H and O–H groups in total. The molecule has 1 aromatic carbocycles. The molecule has 1 aliphatic rings. The zero-order chi connectivity index (χ0) is 13.1. The van der Waals surface area contributed by atoms with Crippen molar-refractivity contribution < 1.29 is 0 Å². The molecule has 94 valence electrons. The Morgan fingerprint density at radius 2 is 1.79 bits per heavy atom. The van der Waals surface area contributed by atoms with E-state index in [2.05, 4.69) is 60.5 Å². The van der Waals surface area contributed by atoms with Gasteiger partial charge in [0.15, 0.2) is 0 Å². The summed E-state index contributed by atoms with van der Waals surface area (Å²) in [4.78, 5) is 4.22. The summed E-state index contributed by atoms with van der Waals surface area (Å²) in [7, 11) is 0. The van der Waals surface area contributed by atoms with Crippen LogP contribution < -0.4 is 0 Å². The second-order valence-corrected chi connectivity index (χ2v) is 5.08. The summed E-state index contributed by atoms with van der Waals surface area (Å²) in [5.41, 5.74) is 5.21. The molecule has 0 fully saturated rings. The average molecular weight is 247 g/mol. The Kier molecular flexibility index (Phi) is 3.28. The van der Waals surface area contributed by atoms with Crippen LogP contribution in [0.5, 0.6) is 0 Å². The lowest BCUT2D eigenvalue weighted by Gasteiger charge is -2.19. The first-order chi connectivity index (χ1) is 9.33. The first-order valence-corrected chi connectivity index (χ1v) is 6.71. The van der Waals surface area contributed by atoms with E-state index in [9.17, 15) is 0 Å². The fourth-order valence-electron chi connectivity index (χ4n) is 2.57. The smallest absolute Gasteiger partial charge is 0.0343 e. The Bertz CT molecular complexity index is 609. The van der Waals surface area contributed by atoms with E-state index in [-0.39, 0.29) is 0 Å². The van der Waals surface area contributed by atoms with Gasteiger partial charge in [-0.2, -0.15) is 0 Å². The van der Waals surface area contributed by atoms with Gasteiger partial charge >= 0.3 is 0 Å². The van der Waals surface area contributed by atoms with E-state index >= 15 is 0 Å². The quantitative estimate of drug-likeness (QED) is 0.756. The number of pyridine rings is 1. The summed E-state index contributed by atoms with van der Waals surface area (Å²) in [5, 5.41) is 0. The van der Waals surface area contributed by atoms with Crippen LogP contribution >= 0.6 is 0 Å². The monoisotopic (exact) mass is 247 g/mol. The molecule has 0 radical (unpaired) electrons. The van der Waals surface area contributed by atoms with Gasteiger partial charge in [0, 0.05) is 12.4 Å². The molecule has 2 aromatic rings. The van der Waals surface area contributed by atoms with Crippen LogP contribution in [-0.2, 0) is 0 Å². The van der Waals surface area contributed by atoms with Crippen LogP contribution in [0.25, 0.3) is 11.1 Å². The zero-order valence-corrected chi connectivity index (χ0v) is 11.1. The van der Waals surface area contributed by atoms with Crippen molar-refractivity contribution in [1.29, 1.82) is 0 Å². The van der Waals surface area contributed by atoms with E-state index in [1.165, 1.54) is 22.3 Å². The molecule has 0 saturated heterocycles. The van der Waals surface area contributed by atoms with Gasteiger partial charge < -0.3 is 0 Å². The van der Waals surface area contributed by atoms with Gasteiger partial charge in [0.05, 0.1) is 0 Å². The molecule has 1 nitrogen and oxygen atoms in total. The highest BCUT2D eigenvalue weighted by Gasteiger charge is 2.14. The van der Waals surface area contributed by atoms with E-state index in [1.807, 2.05) is 18.5 Å². The lowest BCUT2D eigenvalue weighted by molar-refractivity contribution is 0.751. The molecule has 0 aliphatic heterocycles. The van der Waals surface area contributed by atoms with E-state index in [4.69, 9.17) is 0 Å². The van der Waals surface area contributed by atoms with Crippen molar-refractivity contribution in [1.82, 2.24) is 4.98 Å². The Hall–Kier alpha value is -2.15. The van der Waals surface area contributed by atoms with Gasteiger partial charge in [0.25, 0.3) is 0 Å². The summed E-state index contributed by atoms with van der Waals surface area (Å²) in [6.07, 6.45) is 9.51. The molecular formula is C18H17N. The van der Waals surface area contributed by atoms with Gasteiger partial charge in [-0.25, -0.2) is 0 Å². The zero-order valence-electron chi connectivity index (χ0n) is 11.1. The van der Waals surface area contributed by atoms with Gasteiger partial charge in [0.1, 0.15) is 0 Å². The predicted octanol–water partition coefficient (Wildman–Crippen LogP) is 4.59. The van der Waals surface area contributed by atoms with Gasteiger partial charge in [0.2, 0.25) is 0 Å². The number of hydrogen-bond acceptors (Lipinski definition) is 1. The summed E-state index contributed by atoms with van der Waals surface area (Å²) in [6, 6.07) is 14.7. The number of nitrogens with zero attached hydrogens (tertiary/aromatic N) is 1. The second kappa shape index (κ2) is 5.23. The number of hydrogen-bond donors (Lipinski definition) is 0. The molecule has 1 heteroatoms. The molecule has 1 aliphatic carbocycles. The highest BCUT2D eigenvalue weighted by Crippen LogP contribution is 2.33. The molecule has 0 amide bonds. The van der Waals surface area contributed by atoms with Crippen molar-refractivity contribution in [2.75, 3.05) is 0 Å². The van der Waals surface area contributed by atoms with Crippen molar-refractivity contribution in [2.24, 2.45) is 5.92 Å². The number of benzene rings is 1. The average Bonchev–Trinajstić information content (AvgIpc) is 2.48. The minimum absolute atomic E-state index is 0.565. The SMILES string of the molecule is CC1C=C(c2ccccc2)C=C(c2cccnc2)C1. The maximum Gasteiger partial charge on any atom is 0.0343 e. The maximum absolute atomic E-state index is 4.22. The molecule has 1 heterocycles. The van der Waals surface area contributed by atoms with Crippen LogP contribution in [0.3, 0.4) is 0 Å². The molecular weight excluding hydrogens is 230 g/mol. The lowest BCUT2D eigenvalue weighted by atomic mass is 9.86. The Morgan fingerprint density at radius 3 is 2.53 bits per heavy atom. The van der Waals surface area contributed by atoms with Crippen molar-refractivity contribution in [3.8, 4) is 0 Å². The van der Waals surface area contributed by atoms with E-state index < -0.39 is 0 Å². The maximum atomic E-state index is 4.22. The van der Waals surface area contributed by atoms with Crippen LogP contribution in [0.15, 0.2) is 67.0 Å². The third kappa shape index (κ3) is 2.65. The second-order valence-electron chi connectivity index (χ2n) is 5.08. The van der Waals surface area contributed by atoms with Crippen LogP contribution in [-0.4, -0.2) is 4.98 Å². The molecule has 0 spiro atoms. The molecule has 19 heavy (non-hydrogen) atoms. The minimum Gasteiger partial charge on any atom is -0.264 e. The summed E-state index contributed by atoms with van der Waals surface area (Å²) in [5.74, 6) is 0.565. The predicted molar refractivity (Wildman–Crippen MR) is 80.4 cm³/mol. The van der Waals surface area contributed by atoms with E-state index in [0.29, 0.717) is 5.92 Å². The van der Waals surface area contributed by atoms with Gasteiger partial charge in [-0.1, -0.05) is 55.5 Å². The molecule has 1 aromatic heterocycles. The lowest BCUT2D eigenvalue weighted by Crippen LogP contribution is -2.01. The summed E-state index contributed by atoms with van der Waals surface area (Å²) in [6.45, 7) is 2.27. The van der Waals surface area contributed by atoms with Gasteiger partial charge in [-0.15, -0.1) is 0 Å². The van der Waals surface area contributed by atoms with Crippen LogP contribution in [0.4, 0.5) is 0 Å². The van der Waals surface area contributed by atoms with E-state index in [1.54, 1.807) is 0 Å². The van der Waals surface area contributed by atoms with Crippen LogP contribution in [0.1, 0.15) is 24.5 Å². The largest absolute Gasteiger partial charge is 0.264 e. The standard InChI is InChI=1S/C18H17N/c1-14-10-17(15-6-3-2-4-7-15)12-18(11-14)16-8-5-9-19-13-16/h2-10,12-14H,11H2,1H3. The van der Waals surface area contributed by atoms with E-state index in [0.717, 1.165) is 6.42 Å². The third-order valence-corrected chi connectivity index (χ3v) is 3.48. The first kappa shape index (κ1) is 11.9. The third-order valence-electron chi connectivity index (χ3n) is 3.48. The highest BCUT2D eigenvalue weighted by molar-refractivity contribution is 5.85. The highest BCUT2D eigenvalue weighted by atomic mass is 14.6. The van der Waals surface area contributed by atoms with Crippen molar-refractivity contribution in [2.45, 2.75) is 13.3 Å². The molecule has 1 atom stereocenters.